The molecule has 0 spiro atoms. The molecular weight excluding hydrogens is 392 g/mol. The van der Waals surface area contributed by atoms with E-state index in [1.165, 1.54) is 17.0 Å². The standard InChI is InChI=1S/C25H22N2O4/c28-20-9-7-19(8-10-20)23-22(21(29)11-6-17-4-2-1-3-5-17)24(30)25(31)27(23)16-18-12-14-26-15-13-18/h1-5,7-10,12-15,23,28,30H,6,11,16H2. The van der Waals surface area contributed by atoms with Crippen LogP contribution in [0.3, 0.4) is 0 Å². The lowest BCUT2D eigenvalue weighted by Crippen LogP contribution is -2.30. The molecule has 2 aromatic carbocycles. The SMILES string of the molecule is O=C(CCc1ccccc1)C1=C(O)C(=O)N(Cc2ccncc2)C1c1ccc(O)cc1. The first-order chi connectivity index (χ1) is 15.0. The zero-order valence-corrected chi connectivity index (χ0v) is 16.8. The van der Waals surface area contributed by atoms with Crippen molar-refractivity contribution in [3.63, 3.8) is 0 Å². The third kappa shape index (κ3) is 4.33. The molecule has 0 saturated heterocycles. The molecule has 6 heteroatoms. The highest BCUT2D eigenvalue weighted by molar-refractivity contribution is 6.09. The molecule has 1 aromatic heterocycles. The number of aliphatic hydroxyl groups is 1. The fraction of sp³-hybridized carbons (Fsp3) is 0.160. The van der Waals surface area contributed by atoms with Crippen molar-refractivity contribution in [3.05, 3.63) is 107 Å². The summed E-state index contributed by atoms with van der Waals surface area (Å²) >= 11 is 0. The summed E-state index contributed by atoms with van der Waals surface area (Å²) in [6.07, 6.45) is 3.95. The maximum Gasteiger partial charge on any atom is 0.290 e. The fourth-order valence-electron chi connectivity index (χ4n) is 3.83. The van der Waals surface area contributed by atoms with Gasteiger partial charge in [-0.2, -0.15) is 0 Å². The number of hydrogen-bond acceptors (Lipinski definition) is 5. The Morgan fingerprint density at radius 1 is 0.903 bits per heavy atom. The van der Waals surface area contributed by atoms with Gasteiger partial charge in [-0.15, -0.1) is 0 Å². The summed E-state index contributed by atoms with van der Waals surface area (Å²) in [5, 5.41) is 20.3. The second-order valence-corrected chi connectivity index (χ2v) is 7.45. The number of aliphatic hydroxyl groups excluding tert-OH is 1. The largest absolute Gasteiger partial charge is 0.508 e. The lowest BCUT2D eigenvalue weighted by atomic mass is 9.93. The van der Waals surface area contributed by atoms with Gasteiger partial charge in [-0.25, -0.2) is 0 Å². The van der Waals surface area contributed by atoms with Gasteiger partial charge >= 0.3 is 0 Å². The zero-order chi connectivity index (χ0) is 21.8. The van der Waals surface area contributed by atoms with E-state index in [2.05, 4.69) is 4.98 Å². The number of pyridine rings is 1. The minimum absolute atomic E-state index is 0.0823. The molecule has 2 heterocycles. The summed E-state index contributed by atoms with van der Waals surface area (Å²) in [5.41, 5.74) is 2.58. The number of benzene rings is 2. The topological polar surface area (TPSA) is 90.7 Å². The highest BCUT2D eigenvalue weighted by Gasteiger charge is 2.43. The predicted molar refractivity (Wildman–Crippen MR) is 115 cm³/mol. The first-order valence-electron chi connectivity index (χ1n) is 10.0. The molecule has 1 aliphatic heterocycles. The van der Waals surface area contributed by atoms with Gasteiger partial charge in [0.1, 0.15) is 5.75 Å². The van der Waals surface area contributed by atoms with Crippen LogP contribution < -0.4 is 0 Å². The van der Waals surface area contributed by atoms with E-state index >= 15 is 0 Å². The molecule has 0 fully saturated rings. The number of phenols is 1. The molecule has 156 valence electrons. The van der Waals surface area contributed by atoms with Crippen molar-refractivity contribution < 1.29 is 19.8 Å². The first kappa shape index (κ1) is 20.3. The van der Waals surface area contributed by atoms with Gasteiger partial charge in [-0.05, 0) is 47.4 Å². The molecule has 31 heavy (non-hydrogen) atoms. The number of aryl methyl sites for hydroxylation is 1. The number of amides is 1. The van der Waals surface area contributed by atoms with Gasteiger partial charge in [0.05, 0.1) is 11.6 Å². The normalized spacial score (nSPS) is 16.1. The van der Waals surface area contributed by atoms with Crippen LogP contribution in [0.4, 0.5) is 0 Å². The zero-order valence-electron chi connectivity index (χ0n) is 16.8. The Morgan fingerprint density at radius 3 is 2.26 bits per heavy atom. The molecule has 1 aliphatic rings. The van der Waals surface area contributed by atoms with Gasteiger partial charge in [0.2, 0.25) is 0 Å². The molecule has 0 aliphatic carbocycles. The predicted octanol–water partition coefficient (Wildman–Crippen LogP) is 3.88. The average molecular weight is 414 g/mol. The number of hydrogen-bond donors (Lipinski definition) is 2. The van der Waals surface area contributed by atoms with Gasteiger partial charge in [0.25, 0.3) is 5.91 Å². The minimum atomic E-state index is -0.732. The number of Topliss-reactive ketones (excluding diaryl/α,β-unsaturated/α-hetero) is 1. The molecule has 1 atom stereocenters. The third-order valence-electron chi connectivity index (χ3n) is 5.40. The number of aromatic nitrogens is 1. The van der Waals surface area contributed by atoms with Crippen molar-refractivity contribution in [2.45, 2.75) is 25.4 Å². The van der Waals surface area contributed by atoms with Gasteiger partial charge in [-0.3, -0.25) is 14.6 Å². The Kier molecular flexibility index (Phi) is 5.80. The van der Waals surface area contributed by atoms with Crippen molar-refractivity contribution in [1.82, 2.24) is 9.88 Å². The van der Waals surface area contributed by atoms with E-state index in [1.807, 2.05) is 30.3 Å². The van der Waals surface area contributed by atoms with Crippen LogP contribution in [0.2, 0.25) is 0 Å². The summed E-state index contributed by atoms with van der Waals surface area (Å²) in [4.78, 5) is 31.6. The van der Waals surface area contributed by atoms with Gasteiger partial charge < -0.3 is 15.1 Å². The summed E-state index contributed by atoms with van der Waals surface area (Å²) in [5.74, 6) is -1.29. The number of nitrogens with zero attached hydrogens (tertiary/aromatic N) is 2. The van der Waals surface area contributed by atoms with Crippen LogP contribution in [0.1, 0.15) is 29.2 Å². The van der Waals surface area contributed by atoms with Crippen LogP contribution in [-0.2, 0) is 22.6 Å². The number of aromatic hydroxyl groups is 1. The molecule has 1 unspecified atom stereocenters. The molecule has 3 aromatic rings. The van der Waals surface area contributed by atoms with E-state index in [0.29, 0.717) is 12.0 Å². The van der Waals surface area contributed by atoms with E-state index < -0.39 is 17.7 Å². The minimum Gasteiger partial charge on any atom is -0.508 e. The van der Waals surface area contributed by atoms with Crippen molar-refractivity contribution in [3.8, 4) is 5.75 Å². The number of phenolic OH excluding ortho intramolecular Hbond substituents is 1. The summed E-state index contributed by atoms with van der Waals surface area (Å²) in [7, 11) is 0. The lowest BCUT2D eigenvalue weighted by molar-refractivity contribution is -0.130. The summed E-state index contributed by atoms with van der Waals surface area (Å²) in [6.45, 7) is 0.215. The Morgan fingerprint density at radius 2 is 1.58 bits per heavy atom. The molecule has 1 amide bonds. The maximum atomic E-state index is 13.2. The maximum absolute atomic E-state index is 13.2. The molecular formula is C25H22N2O4. The summed E-state index contributed by atoms with van der Waals surface area (Å²) in [6, 6.07) is 18.8. The number of carbonyl (C=O) groups is 2. The number of ketones is 1. The number of rotatable bonds is 7. The second-order valence-electron chi connectivity index (χ2n) is 7.45. The van der Waals surface area contributed by atoms with Gasteiger partial charge in [0, 0.05) is 25.4 Å². The van der Waals surface area contributed by atoms with E-state index in [0.717, 1.165) is 11.1 Å². The smallest absolute Gasteiger partial charge is 0.290 e. The van der Waals surface area contributed by atoms with Crippen LogP contribution in [0, 0.1) is 0 Å². The van der Waals surface area contributed by atoms with E-state index in [-0.39, 0.29) is 30.1 Å². The monoisotopic (exact) mass is 414 g/mol. The average Bonchev–Trinajstić information content (AvgIpc) is 3.04. The van der Waals surface area contributed by atoms with Crippen LogP contribution in [0.25, 0.3) is 0 Å². The van der Waals surface area contributed by atoms with Crippen molar-refractivity contribution in [2.75, 3.05) is 0 Å². The van der Waals surface area contributed by atoms with E-state index in [1.54, 1.807) is 36.7 Å². The summed E-state index contributed by atoms with van der Waals surface area (Å²) < 4.78 is 0. The highest BCUT2D eigenvalue weighted by Crippen LogP contribution is 2.39. The quantitative estimate of drug-likeness (QED) is 0.612. The van der Waals surface area contributed by atoms with Crippen molar-refractivity contribution in [2.24, 2.45) is 0 Å². The Bertz CT molecular complexity index is 1110. The van der Waals surface area contributed by atoms with Crippen LogP contribution in [0.5, 0.6) is 5.75 Å². The third-order valence-corrected chi connectivity index (χ3v) is 5.40. The van der Waals surface area contributed by atoms with Crippen molar-refractivity contribution in [1.29, 1.82) is 0 Å². The van der Waals surface area contributed by atoms with Gasteiger partial charge in [-0.1, -0.05) is 42.5 Å². The Hall–Kier alpha value is -3.93. The molecule has 0 saturated carbocycles. The second kappa shape index (κ2) is 8.83. The van der Waals surface area contributed by atoms with Gasteiger partial charge in [0.15, 0.2) is 11.5 Å². The van der Waals surface area contributed by atoms with Crippen LogP contribution in [0.15, 0.2) is 90.5 Å². The van der Waals surface area contributed by atoms with E-state index in [9.17, 15) is 19.8 Å². The Labute approximate surface area is 180 Å². The first-order valence-corrected chi connectivity index (χ1v) is 10.0. The fourth-order valence-corrected chi connectivity index (χ4v) is 3.83. The van der Waals surface area contributed by atoms with E-state index in [4.69, 9.17) is 0 Å². The van der Waals surface area contributed by atoms with Crippen LogP contribution in [-0.4, -0.2) is 31.8 Å². The van der Waals surface area contributed by atoms with Crippen molar-refractivity contribution >= 4 is 11.7 Å². The lowest BCUT2D eigenvalue weighted by Gasteiger charge is -2.27. The number of carbonyl (C=O) groups excluding carboxylic acids is 2. The molecule has 2 N–H and O–H groups in total. The highest BCUT2D eigenvalue weighted by atomic mass is 16.3. The molecule has 0 bridgehead atoms. The Balaban J connectivity index is 1.66. The molecule has 4 rings (SSSR count). The molecule has 6 nitrogen and oxygen atoms in total. The van der Waals surface area contributed by atoms with Crippen LogP contribution >= 0.6 is 0 Å². The molecule has 0 radical (unpaired) electrons.